The lowest BCUT2D eigenvalue weighted by Gasteiger charge is -2.16. The third kappa shape index (κ3) is 4.06. The van der Waals surface area contributed by atoms with Crippen LogP contribution in [0, 0.1) is 0 Å². The van der Waals surface area contributed by atoms with Gasteiger partial charge in [-0.15, -0.1) is 0 Å². The fourth-order valence-corrected chi connectivity index (χ4v) is 1.34. The molecule has 0 saturated carbocycles. The van der Waals surface area contributed by atoms with Crippen molar-refractivity contribution in [3.05, 3.63) is 18.3 Å². The van der Waals surface area contributed by atoms with E-state index in [1.165, 1.54) is 7.11 Å². The van der Waals surface area contributed by atoms with Crippen LogP contribution in [0.3, 0.4) is 0 Å². The Labute approximate surface area is 105 Å². The minimum absolute atomic E-state index is 0.0686. The molecule has 0 amide bonds. The van der Waals surface area contributed by atoms with Gasteiger partial charge in [0.1, 0.15) is 11.9 Å². The number of nitrogens with zero attached hydrogens (tertiary/aromatic N) is 1. The van der Waals surface area contributed by atoms with Crippen LogP contribution in [0.2, 0.25) is 0 Å². The first-order valence-electron chi connectivity index (χ1n) is 5.38. The molecule has 8 heteroatoms. The van der Waals surface area contributed by atoms with E-state index in [0.717, 1.165) is 0 Å². The molecule has 1 aromatic heterocycles. The topological polar surface area (TPSA) is 106 Å². The summed E-state index contributed by atoms with van der Waals surface area (Å²) in [6, 6.07) is 2.77. The van der Waals surface area contributed by atoms with Crippen molar-refractivity contribution in [2.45, 2.75) is 6.04 Å². The summed E-state index contributed by atoms with van der Waals surface area (Å²) in [5, 5.41) is 5.66. The maximum atomic E-state index is 11.4. The molecule has 0 fully saturated rings. The summed E-state index contributed by atoms with van der Waals surface area (Å²) in [6.45, 7) is 0.224. The molecule has 0 aromatic carbocycles. The smallest absolute Gasteiger partial charge is 0.323 e. The number of methoxy groups -OCH3 is 1. The van der Waals surface area contributed by atoms with E-state index in [4.69, 9.17) is 5.73 Å². The minimum atomic E-state index is -0.637. The Hall–Kier alpha value is -2.09. The summed E-state index contributed by atoms with van der Waals surface area (Å²) in [5.74, 6) is 0.0261. The highest BCUT2D eigenvalue weighted by molar-refractivity contribution is 6.64. The number of esters is 1. The number of hydrogen-bond donors (Lipinski definition) is 3. The van der Waals surface area contributed by atoms with E-state index in [1.807, 2.05) is 0 Å². The lowest BCUT2D eigenvalue weighted by atomic mass is 9.96. The second-order valence-corrected chi connectivity index (χ2v) is 3.47. The zero-order chi connectivity index (χ0) is 13.4. The van der Waals surface area contributed by atoms with Crippen LogP contribution >= 0.6 is 0 Å². The molecule has 0 radical (unpaired) electrons. The number of anilines is 2. The van der Waals surface area contributed by atoms with E-state index in [0.29, 0.717) is 17.7 Å². The van der Waals surface area contributed by atoms with Crippen LogP contribution in [-0.4, -0.2) is 44.2 Å². The monoisotopic (exact) mass is 250 g/mol. The lowest BCUT2D eigenvalue weighted by Crippen LogP contribution is -2.45. The van der Waals surface area contributed by atoms with E-state index < -0.39 is 12.0 Å². The average molecular weight is 250 g/mol. The Kier molecular flexibility index (Phi) is 5.65. The van der Waals surface area contributed by atoms with Gasteiger partial charge in [0.25, 0.3) is 7.41 Å². The SMILES string of the molecule is COC(=O)[C@H](CNc1ncccc1N)NBC=O. The molecule has 0 aliphatic rings. The van der Waals surface area contributed by atoms with Gasteiger partial charge in [-0.05, 0) is 12.1 Å². The van der Waals surface area contributed by atoms with Gasteiger partial charge >= 0.3 is 5.97 Å². The molecule has 0 unspecified atom stereocenters. The number of rotatable bonds is 7. The molecule has 96 valence electrons. The number of pyridine rings is 1. The zero-order valence-corrected chi connectivity index (χ0v) is 10.1. The number of carbonyl (C=O) groups excluding carboxylic acids is 2. The fourth-order valence-electron chi connectivity index (χ4n) is 1.34. The van der Waals surface area contributed by atoms with Gasteiger partial charge in [0.15, 0.2) is 0 Å². The van der Waals surface area contributed by atoms with Crippen molar-refractivity contribution in [3.63, 3.8) is 0 Å². The highest BCUT2D eigenvalue weighted by atomic mass is 16.5. The summed E-state index contributed by atoms with van der Waals surface area (Å²) in [7, 11) is 1.35. The molecular formula is C10H15BN4O3. The standard InChI is InChI=1S/C10H15BN4O3/c1-18-10(17)8(15-11-6-16)5-14-9-7(12)3-2-4-13-9/h2-4,6,8,11,15H,5,12H2,1H3,(H,13,14)/t8-/m0/s1. The molecule has 1 heterocycles. The van der Waals surface area contributed by atoms with Crippen LogP contribution in [0.15, 0.2) is 18.3 Å². The van der Waals surface area contributed by atoms with Crippen molar-refractivity contribution in [2.75, 3.05) is 24.7 Å². The van der Waals surface area contributed by atoms with Gasteiger partial charge in [-0.3, -0.25) is 4.79 Å². The molecule has 1 aromatic rings. The summed E-state index contributed by atoms with van der Waals surface area (Å²) >= 11 is 0. The second kappa shape index (κ2) is 7.28. The first-order chi connectivity index (χ1) is 8.69. The van der Waals surface area contributed by atoms with E-state index in [9.17, 15) is 9.59 Å². The third-order valence-corrected chi connectivity index (χ3v) is 2.25. The number of hydrogen-bond acceptors (Lipinski definition) is 7. The normalized spacial score (nSPS) is 11.4. The molecule has 0 aliphatic carbocycles. The lowest BCUT2D eigenvalue weighted by molar-refractivity contribution is -0.142. The Morgan fingerprint density at radius 2 is 2.50 bits per heavy atom. The van der Waals surface area contributed by atoms with Crippen molar-refractivity contribution in [2.24, 2.45) is 0 Å². The average Bonchev–Trinajstić information content (AvgIpc) is 2.40. The quantitative estimate of drug-likeness (QED) is 0.315. The number of nitrogens with one attached hydrogen (secondary N) is 2. The summed E-state index contributed by atoms with van der Waals surface area (Å²) in [6.07, 6.45) is 2.26. The van der Waals surface area contributed by atoms with E-state index in [-0.39, 0.29) is 14.0 Å². The number of carbonyl (C=O) groups is 2. The molecule has 7 nitrogen and oxygen atoms in total. The van der Waals surface area contributed by atoms with Gasteiger partial charge in [0.05, 0.1) is 19.0 Å². The number of nitrogen functional groups attached to an aromatic ring is 1. The van der Waals surface area contributed by atoms with Crippen molar-refractivity contribution < 1.29 is 14.3 Å². The maximum absolute atomic E-state index is 11.4. The minimum Gasteiger partial charge on any atom is -0.468 e. The van der Waals surface area contributed by atoms with Crippen LogP contribution in [-0.2, 0) is 14.3 Å². The molecule has 18 heavy (non-hydrogen) atoms. The predicted molar refractivity (Wildman–Crippen MR) is 70.0 cm³/mol. The number of ether oxygens (including phenoxy) is 1. The molecule has 0 bridgehead atoms. The fraction of sp³-hybridized carbons (Fsp3) is 0.300. The first-order valence-corrected chi connectivity index (χ1v) is 5.38. The molecule has 1 atom stereocenters. The van der Waals surface area contributed by atoms with Gasteiger partial charge in [-0.25, -0.2) is 4.98 Å². The first kappa shape index (κ1) is 14.0. The van der Waals surface area contributed by atoms with Gasteiger partial charge in [0.2, 0.25) is 0 Å². The molecule has 4 N–H and O–H groups in total. The van der Waals surface area contributed by atoms with Gasteiger partial charge in [0, 0.05) is 12.7 Å². The summed E-state index contributed by atoms with van der Waals surface area (Å²) < 4.78 is 4.62. The molecular weight excluding hydrogens is 235 g/mol. The molecule has 0 spiro atoms. The van der Waals surface area contributed by atoms with Crippen LogP contribution in [0.1, 0.15) is 0 Å². The Balaban J connectivity index is 2.58. The van der Waals surface area contributed by atoms with Crippen molar-refractivity contribution >= 4 is 31.1 Å². The predicted octanol–water partition coefficient (Wildman–Crippen LogP) is -1.25. The van der Waals surface area contributed by atoms with E-state index >= 15 is 0 Å². The summed E-state index contributed by atoms with van der Waals surface area (Å²) in [4.78, 5) is 25.7. The van der Waals surface area contributed by atoms with Crippen LogP contribution in [0.4, 0.5) is 11.5 Å². The highest BCUT2D eigenvalue weighted by Gasteiger charge is 2.18. The van der Waals surface area contributed by atoms with Gasteiger partial charge in [-0.1, -0.05) is 0 Å². The number of nitrogens with two attached hydrogens (primary N) is 1. The van der Waals surface area contributed by atoms with Crippen molar-refractivity contribution in [3.8, 4) is 0 Å². The zero-order valence-electron chi connectivity index (χ0n) is 10.1. The maximum Gasteiger partial charge on any atom is 0.323 e. The third-order valence-electron chi connectivity index (χ3n) is 2.25. The molecule has 0 aliphatic heterocycles. The van der Waals surface area contributed by atoms with Crippen molar-refractivity contribution in [1.82, 2.24) is 10.2 Å². The van der Waals surface area contributed by atoms with Gasteiger partial charge in [-0.2, -0.15) is 0 Å². The largest absolute Gasteiger partial charge is 0.468 e. The highest BCUT2D eigenvalue weighted by Crippen LogP contribution is 2.12. The summed E-state index contributed by atoms with van der Waals surface area (Å²) in [5.41, 5.74) is 6.18. The van der Waals surface area contributed by atoms with Gasteiger partial charge < -0.3 is 25.8 Å². The number of aromatic nitrogens is 1. The Morgan fingerprint density at radius 1 is 1.72 bits per heavy atom. The van der Waals surface area contributed by atoms with Crippen LogP contribution in [0.25, 0.3) is 0 Å². The molecule has 0 saturated heterocycles. The van der Waals surface area contributed by atoms with E-state index in [2.05, 4.69) is 20.3 Å². The Bertz CT molecular complexity index is 416. The molecule has 1 rings (SSSR count). The van der Waals surface area contributed by atoms with Crippen molar-refractivity contribution in [1.29, 1.82) is 0 Å². The van der Waals surface area contributed by atoms with Crippen LogP contribution in [0.5, 0.6) is 0 Å². The Morgan fingerprint density at radius 3 is 3.11 bits per heavy atom. The van der Waals surface area contributed by atoms with Crippen LogP contribution < -0.4 is 16.3 Å². The van der Waals surface area contributed by atoms with E-state index in [1.54, 1.807) is 18.3 Å². The second-order valence-electron chi connectivity index (χ2n) is 3.47.